The maximum absolute atomic E-state index is 13.7. The number of aryl methyl sites for hydroxylation is 2. The largest absolute Gasteiger partial charge is 0.467 e. The monoisotopic (exact) mass is 464 g/mol. The summed E-state index contributed by atoms with van der Waals surface area (Å²) in [6, 6.07) is 8.68. The molecular formula is C23H25ClO6S. The second-order valence-electron chi connectivity index (χ2n) is 8.21. The van der Waals surface area contributed by atoms with Gasteiger partial charge in [-0.05, 0) is 56.0 Å². The van der Waals surface area contributed by atoms with Crippen LogP contribution in [0.2, 0.25) is 5.02 Å². The highest BCUT2D eigenvalue weighted by atomic mass is 35.5. The molecule has 1 aliphatic heterocycles. The molecule has 0 bridgehead atoms. The molecule has 2 aromatic rings. The molecule has 1 fully saturated rings. The molecule has 0 aromatic heterocycles. The number of carbonyl (C=O) groups is 1. The van der Waals surface area contributed by atoms with E-state index in [1.807, 2.05) is 13.0 Å². The number of rotatable bonds is 5. The van der Waals surface area contributed by atoms with Gasteiger partial charge in [-0.2, -0.15) is 0 Å². The molecule has 6 nitrogen and oxygen atoms in total. The predicted molar refractivity (Wildman–Crippen MR) is 116 cm³/mol. The average molecular weight is 465 g/mol. The molecule has 0 radical (unpaired) electrons. The van der Waals surface area contributed by atoms with Crippen LogP contribution < -0.4 is 4.74 Å². The fraction of sp³-hybridized carbons (Fsp3) is 0.435. The van der Waals surface area contributed by atoms with Crippen molar-refractivity contribution >= 4 is 27.4 Å². The van der Waals surface area contributed by atoms with Crippen molar-refractivity contribution in [2.24, 2.45) is 0 Å². The van der Waals surface area contributed by atoms with E-state index < -0.39 is 20.6 Å². The Morgan fingerprint density at radius 1 is 1.16 bits per heavy atom. The van der Waals surface area contributed by atoms with Crippen molar-refractivity contribution in [3.05, 3.63) is 57.6 Å². The van der Waals surface area contributed by atoms with E-state index in [0.29, 0.717) is 41.3 Å². The number of hydrogen-bond acceptors (Lipinski definition) is 6. The quantitative estimate of drug-likeness (QED) is 0.599. The third kappa shape index (κ3) is 3.95. The Labute approximate surface area is 187 Å². The minimum absolute atomic E-state index is 0.0977. The smallest absolute Gasteiger partial charge is 0.328 e. The maximum Gasteiger partial charge on any atom is 0.328 e. The van der Waals surface area contributed by atoms with Crippen molar-refractivity contribution in [1.29, 1.82) is 0 Å². The van der Waals surface area contributed by atoms with E-state index in [-0.39, 0.29) is 31.1 Å². The number of ether oxygens (including phenoxy) is 3. The van der Waals surface area contributed by atoms with Crippen LogP contribution in [-0.2, 0) is 37.3 Å². The highest BCUT2D eigenvalue weighted by molar-refractivity contribution is 7.93. The topological polar surface area (TPSA) is 78.9 Å². The van der Waals surface area contributed by atoms with Crippen molar-refractivity contribution in [3.63, 3.8) is 0 Å². The molecular weight excluding hydrogens is 440 g/mol. The SMILES string of the molecule is Cc1ccc(C)c(S(=O)(=O)C2(C(=O)OCc3cc(Cl)cc4c3OCOC4)CCCC2)c1. The zero-order valence-corrected chi connectivity index (χ0v) is 19.1. The second-order valence-corrected chi connectivity index (χ2v) is 10.9. The van der Waals surface area contributed by atoms with Gasteiger partial charge in [0, 0.05) is 16.1 Å². The molecule has 1 aliphatic carbocycles. The maximum atomic E-state index is 13.7. The molecule has 0 unspecified atom stereocenters. The lowest BCUT2D eigenvalue weighted by Crippen LogP contribution is -2.45. The summed E-state index contributed by atoms with van der Waals surface area (Å²) >= 11 is 6.19. The number of fused-ring (bicyclic) bond motifs is 1. The summed E-state index contributed by atoms with van der Waals surface area (Å²) < 4.78 is 42.3. The van der Waals surface area contributed by atoms with Crippen molar-refractivity contribution in [3.8, 4) is 5.75 Å². The van der Waals surface area contributed by atoms with E-state index in [1.54, 1.807) is 31.2 Å². The summed E-state index contributed by atoms with van der Waals surface area (Å²) in [5.41, 5.74) is 2.82. The fourth-order valence-corrected chi connectivity index (χ4v) is 7.00. The highest BCUT2D eigenvalue weighted by Gasteiger charge is 2.54. The first kappa shape index (κ1) is 22.1. The summed E-state index contributed by atoms with van der Waals surface area (Å²) in [5.74, 6) is -0.145. The first-order valence-corrected chi connectivity index (χ1v) is 12.1. The van der Waals surface area contributed by atoms with Crippen molar-refractivity contribution in [2.45, 2.75) is 62.4 Å². The second kappa shape index (κ2) is 8.45. The third-order valence-corrected chi connectivity index (χ3v) is 8.88. The van der Waals surface area contributed by atoms with Gasteiger partial charge in [0.2, 0.25) is 0 Å². The molecule has 0 amide bonds. The number of carbonyl (C=O) groups excluding carboxylic acids is 1. The van der Waals surface area contributed by atoms with Crippen molar-refractivity contribution < 1.29 is 27.4 Å². The van der Waals surface area contributed by atoms with Crippen LogP contribution in [0.3, 0.4) is 0 Å². The Morgan fingerprint density at radius 2 is 1.90 bits per heavy atom. The minimum atomic E-state index is -3.93. The standard InChI is InChI=1S/C23H25ClO6S/c1-15-5-6-16(2)20(9-15)31(26,27)23(7-3-4-8-23)22(25)29-13-18-11-19(24)10-17-12-28-14-30-21(17)18/h5-6,9-11H,3-4,7-8,12-14H2,1-2H3. The summed E-state index contributed by atoms with van der Waals surface area (Å²) in [5, 5.41) is 0.470. The predicted octanol–water partition coefficient (Wildman–Crippen LogP) is 4.65. The molecule has 0 spiro atoms. The minimum Gasteiger partial charge on any atom is -0.467 e. The Balaban J connectivity index is 1.65. The number of sulfone groups is 1. The normalized spacial score (nSPS) is 17.6. The van der Waals surface area contributed by atoms with Crippen LogP contribution in [0, 0.1) is 13.8 Å². The molecule has 31 heavy (non-hydrogen) atoms. The van der Waals surface area contributed by atoms with Crippen LogP contribution in [0.15, 0.2) is 35.2 Å². The van der Waals surface area contributed by atoms with Gasteiger partial charge in [-0.3, -0.25) is 4.79 Å². The van der Waals surface area contributed by atoms with E-state index in [0.717, 1.165) is 11.1 Å². The summed E-state index contributed by atoms with van der Waals surface area (Å²) in [6.45, 7) is 3.91. The average Bonchev–Trinajstić information content (AvgIpc) is 3.25. The molecule has 8 heteroatoms. The highest BCUT2D eigenvalue weighted by Crippen LogP contribution is 2.43. The lowest BCUT2D eigenvalue weighted by atomic mass is 10.1. The lowest BCUT2D eigenvalue weighted by Gasteiger charge is -2.28. The van der Waals surface area contributed by atoms with Gasteiger partial charge in [-0.1, -0.05) is 36.6 Å². The molecule has 1 saturated carbocycles. The van der Waals surface area contributed by atoms with Gasteiger partial charge in [0.1, 0.15) is 12.4 Å². The van der Waals surface area contributed by atoms with E-state index in [4.69, 9.17) is 25.8 Å². The van der Waals surface area contributed by atoms with Gasteiger partial charge in [0.15, 0.2) is 21.4 Å². The lowest BCUT2D eigenvalue weighted by molar-refractivity contribution is -0.148. The first-order chi connectivity index (χ1) is 14.7. The molecule has 1 heterocycles. The van der Waals surface area contributed by atoms with Gasteiger partial charge < -0.3 is 14.2 Å². The van der Waals surface area contributed by atoms with Crippen LogP contribution in [-0.4, -0.2) is 25.9 Å². The van der Waals surface area contributed by atoms with Gasteiger partial charge >= 0.3 is 5.97 Å². The molecule has 0 atom stereocenters. The molecule has 0 saturated heterocycles. The van der Waals surface area contributed by atoms with Gasteiger partial charge in [0.05, 0.1) is 11.5 Å². The van der Waals surface area contributed by atoms with Crippen LogP contribution in [0.1, 0.15) is 47.9 Å². The summed E-state index contributed by atoms with van der Waals surface area (Å²) in [6.07, 6.45) is 1.82. The van der Waals surface area contributed by atoms with Crippen LogP contribution >= 0.6 is 11.6 Å². The Hall–Kier alpha value is -2.09. The van der Waals surface area contributed by atoms with Crippen molar-refractivity contribution in [2.75, 3.05) is 6.79 Å². The van der Waals surface area contributed by atoms with Gasteiger partial charge in [-0.25, -0.2) is 8.42 Å². The molecule has 4 rings (SSSR count). The van der Waals surface area contributed by atoms with E-state index >= 15 is 0 Å². The van der Waals surface area contributed by atoms with Gasteiger partial charge in [-0.15, -0.1) is 0 Å². The fourth-order valence-electron chi connectivity index (χ4n) is 4.37. The Kier molecular flexibility index (Phi) is 6.03. The number of benzene rings is 2. The van der Waals surface area contributed by atoms with Crippen LogP contribution in [0.25, 0.3) is 0 Å². The van der Waals surface area contributed by atoms with Crippen LogP contribution in [0.4, 0.5) is 0 Å². The Bertz CT molecular complexity index is 1120. The number of halogens is 1. The van der Waals surface area contributed by atoms with Crippen LogP contribution in [0.5, 0.6) is 5.75 Å². The molecule has 166 valence electrons. The van der Waals surface area contributed by atoms with Gasteiger partial charge in [0.25, 0.3) is 0 Å². The molecule has 2 aromatic carbocycles. The first-order valence-electron chi connectivity index (χ1n) is 10.3. The number of hydrogen-bond donors (Lipinski definition) is 0. The van der Waals surface area contributed by atoms with E-state index in [1.165, 1.54) is 0 Å². The van der Waals surface area contributed by atoms with E-state index in [2.05, 4.69) is 0 Å². The van der Waals surface area contributed by atoms with Crippen molar-refractivity contribution in [1.82, 2.24) is 0 Å². The molecule has 0 N–H and O–H groups in total. The third-order valence-electron chi connectivity index (χ3n) is 6.04. The van der Waals surface area contributed by atoms with E-state index in [9.17, 15) is 13.2 Å². The zero-order valence-electron chi connectivity index (χ0n) is 17.6. The Morgan fingerprint density at radius 3 is 2.65 bits per heavy atom. The molecule has 2 aliphatic rings. The summed E-state index contributed by atoms with van der Waals surface area (Å²) in [4.78, 5) is 13.5. The zero-order chi connectivity index (χ0) is 22.2. The number of esters is 1. The summed E-state index contributed by atoms with van der Waals surface area (Å²) in [7, 11) is -3.93.